The van der Waals surface area contributed by atoms with Crippen molar-refractivity contribution in [3.63, 3.8) is 0 Å². The molecule has 20 rings (SSSR count). The molecule has 33 heteroatoms. The van der Waals surface area contributed by atoms with Crippen molar-refractivity contribution in [3.05, 3.63) is 236 Å². The number of aromatic nitrogens is 10. The van der Waals surface area contributed by atoms with Gasteiger partial charge in [0.1, 0.15) is 12.3 Å². The Hall–Kier alpha value is -10.3. The molecule has 10 N–H and O–H groups in total. The van der Waals surface area contributed by atoms with Crippen molar-refractivity contribution in [2.75, 3.05) is 39.7 Å². The summed E-state index contributed by atoms with van der Waals surface area (Å²) in [5.74, 6) is 1.20. The maximum Gasteiger partial charge on any atom is 0.322 e. The highest BCUT2D eigenvalue weighted by molar-refractivity contribution is 9.10. The second kappa shape index (κ2) is 38.4. The number of rotatable bonds is 10. The van der Waals surface area contributed by atoms with E-state index >= 15 is 0 Å². The van der Waals surface area contributed by atoms with Crippen molar-refractivity contribution in [3.8, 4) is 0 Å². The Balaban J connectivity index is 0.000000114. The van der Waals surface area contributed by atoms with E-state index in [0.29, 0.717) is 122 Å². The van der Waals surface area contributed by atoms with Crippen LogP contribution < -0.4 is 26.6 Å². The van der Waals surface area contributed by atoms with Gasteiger partial charge < -0.3 is 51.1 Å². The van der Waals surface area contributed by atoms with Gasteiger partial charge in [-0.2, -0.15) is 25.5 Å². The molecule has 4 saturated carbocycles. The summed E-state index contributed by atoms with van der Waals surface area (Å²) < 4.78 is 42.0. The third-order valence-corrected chi connectivity index (χ3v) is 26.9. The molecular formula is C90H100BrCl4F3N20O5. The number of carbonyl (C=O) groups excluding carboxylic acids is 5. The van der Waals surface area contributed by atoms with Crippen molar-refractivity contribution in [1.29, 1.82) is 0 Å². The first-order valence-electron chi connectivity index (χ1n) is 42.6. The van der Waals surface area contributed by atoms with Crippen molar-refractivity contribution in [2.24, 2.45) is 0 Å². The van der Waals surface area contributed by atoms with E-state index < -0.39 is 18.2 Å². The average Bonchev–Trinajstić information content (AvgIpc) is 1.66. The van der Waals surface area contributed by atoms with E-state index in [1.807, 2.05) is 59.2 Å². The van der Waals surface area contributed by atoms with E-state index in [0.717, 1.165) is 117 Å². The summed E-state index contributed by atoms with van der Waals surface area (Å²) in [6.07, 6.45) is 18.0. The lowest BCUT2D eigenvalue weighted by Crippen LogP contribution is -2.45. The number of fused-ring (bicyclic) bond motifs is 5. The zero-order chi connectivity index (χ0) is 85.7. The molecule has 0 radical (unpaired) electrons. The van der Waals surface area contributed by atoms with Crippen LogP contribution in [0.3, 0.4) is 0 Å². The number of halogens is 8. The van der Waals surface area contributed by atoms with Gasteiger partial charge >= 0.3 is 30.2 Å². The minimum Gasteiger partial charge on any atom is -0.320 e. The molecule has 5 aromatic carbocycles. The molecule has 4 fully saturated rings. The molecule has 5 aromatic heterocycles. The molecule has 0 spiro atoms. The van der Waals surface area contributed by atoms with Crippen molar-refractivity contribution in [2.45, 2.75) is 230 Å². The molecule has 646 valence electrons. The number of nitrogens with zero attached hydrogens (tertiary/aromatic N) is 10. The molecule has 6 unspecified atom stereocenters. The Morgan fingerprint density at radius 3 is 1.23 bits per heavy atom. The molecule has 0 bridgehead atoms. The van der Waals surface area contributed by atoms with E-state index in [2.05, 4.69) is 107 Å². The van der Waals surface area contributed by atoms with Crippen LogP contribution in [-0.2, 0) is 64.8 Å². The first-order chi connectivity index (χ1) is 59.5. The number of aromatic amines is 5. The van der Waals surface area contributed by atoms with Gasteiger partial charge in [0.15, 0.2) is 5.82 Å². The molecule has 10 heterocycles. The van der Waals surface area contributed by atoms with Crippen LogP contribution >= 0.6 is 62.3 Å². The summed E-state index contributed by atoms with van der Waals surface area (Å²) >= 11 is 27.1. The average molecular weight is 1820 g/mol. The first kappa shape index (κ1) is 86.2. The summed E-state index contributed by atoms with van der Waals surface area (Å²) in [7, 11) is 0. The number of H-pyrrole nitrogens is 5. The quantitative estimate of drug-likeness (QED) is 0.0617. The highest BCUT2D eigenvalue weighted by Crippen LogP contribution is 2.45. The predicted molar refractivity (Wildman–Crippen MR) is 476 cm³/mol. The third-order valence-electron chi connectivity index (χ3n) is 25.4. The number of alkyl halides is 2. The van der Waals surface area contributed by atoms with Crippen LogP contribution in [0, 0.1) is 5.82 Å². The Morgan fingerprint density at radius 2 is 0.813 bits per heavy atom. The number of allylic oxidation sites excluding steroid dienone is 2. The smallest absolute Gasteiger partial charge is 0.320 e. The minimum absolute atomic E-state index is 0.00411. The number of nitrogens with one attached hydrogen (secondary N) is 10. The lowest BCUT2D eigenvalue weighted by Gasteiger charge is -2.34. The third kappa shape index (κ3) is 20.1. The lowest BCUT2D eigenvalue weighted by molar-refractivity contribution is 0.180. The number of anilines is 5. The molecule has 0 saturated heterocycles. The van der Waals surface area contributed by atoms with Gasteiger partial charge in [-0.15, -0.1) is 0 Å². The summed E-state index contributed by atoms with van der Waals surface area (Å²) in [6.45, 7) is 10.1. The van der Waals surface area contributed by atoms with Gasteiger partial charge in [-0.1, -0.05) is 112 Å². The van der Waals surface area contributed by atoms with Crippen molar-refractivity contribution in [1.82, 2.24) is 75.5 Å². The fourth-order valence-electron chi connectivity index (χ4n) is 17.8. The van der Waals surface area contributed by atoms with Crippen LogP contribution in [-0.4, -0.2) is 149 Å². The van der Waals surface area contributed by atoms with Crippen LogP contribution in [0.2, 0.25) is 20.1 Å². The number of hydrogen-bond donors (Lipinski definition) is 10. The topological polar surface area (TPSA) is 305 Å². The number of carbonyl (C=O) groups is 5. The van der Waals surface area contributed by atoms with Gasteiger partial charge in [0.05, 0.1) is 71.9 Å². The fraction of sp³-hybridized carbons (Fsp3) is 0.422. The fourth-order valence-corrected chi connectivity index (χ4v) is 19.0. The highest BCUT2D eigenvalue weighted by atomic mass is 79.9. The Kier molecular flexibility index (Phi) is 26.9. The normalized spacial score (nSPS) is 20.6. The molecular weight excluding hydrogens is 1720 g/mol. The summed E-state index contributed by atoms with van der Waals surface area (Å²) in [5, 5.41) is 54.2. The second-order valence-electron chi connectivity index (χ2n) is 33.7. The van der Waals surface area contributed by atoms with Crippen LogP contribution in [0.15, 0.2) is 126 Å². The van der Waals surface area contributed by atoms with Crippen molar-refractivity contribution < 1.29 is 37.1 Å². The maximum absolute atomic E-state index is 14.1. The highest BCUT2D eigenvalue weighted by Gasteiger charge is 2.40. The van der Waals surface area contributed by atoms with E-state index in [9.17, 15) is 37.1 Å². The van der Waals surface area contributed by atoms with E-state index in [4.69, 9.17) is 46.4 Å². The van der Waals surface area contributed by atoms with Gasteiger partial charge in [-0.05, 0) is 188 Å². The monoisotopic (exact) mass is 1820 g/mol. The summed E-state index contributed by atoms with van der Waals surface area (Å²) in [4.78, 5) is 72.4. The van der Waals surface area contributed by atoms with Gasteiger partial charge in [0.25, 0.3) is 0 Å². The standard InChI is InChI=1S/C18H21BrN4O.2C18H20ClFN4O.C18H18ClFN4O.C18H21ClN4O/c1-11-8-16-15(17(22-21-16)12-4-2-5-12)10-23(11)18(24)20-14-7-3-6-13(19)9-14;1-10-8-15-12(17(23-22-15)11-4-2-5-11)9-24(10)18(25)21-14-7-3-6-13(19)16(14)20;2*19-12-2-1-3-14(9-12)21-18(25)24-7-6-16-15(10-24)17(23-22-16)11-4-5-13(20)8-11;1-11-8-16-15(17(22-21-16)12-4-2-5-12)10-23(11)18(24)20-14-7-3-6-13(19)9-14/h3,6-7,9,11-12H,2,4-5,8,10H2,1H3,(H,20,24)(H,21,22);3,6-7,10-11H,2,4-5,8-9H2,1H3,(H,21,25)(H,22,23);1-3,9,11,13H,4-8,10H2,(H,21,25)(H,22,23);1-3,8-9,13H,4-7,10H2,(H,21,25)(H,22,23);3,6-7,9,11-12H,2,4-5,8,10H2,1H3,(H,20,24)(H,21,22). The number of benzene rings is 5. The number of urea groups is 5. The van der Waals surface area contributed by atoms with Crippen LogP contribution in [0.4, 0.5) is 65.6 Å². The zero-order valence-corrected chi connectivity index (χ0v) is 73.3. The number of hydrogen-bond acceptors (Lipinski definition) is 10. The second-order valence-corrected chi connectivity index (χ2v) is 36.3. The Morgan fingerprint density at radius 1 is 0.423 bits per heavy atom. The maximum atomic E-state index is 14.1. The number of amides is 10. The molecule has 25 nitrogen and oxygen atoms in total. The van der Waals surface area contributed by atoms with E-state index in [1.54, 1.807) is 81.4 Å². The van der Waals surface area contributed by atoms with Gasteiger partial charge in [0, 0.05) is 186 Å². The zero-order valence-electron chi connectivity index (χ0n) is 68.7. The molecule has 10 amide bonds. The van der Waals surface area contributed by atoms with E-state index in [1.165, 1.54) is 91.0 Å². The molecule has 10 aliphatic rings. The minimum atomic E-state index is -0.895. The molecule has 5 aliphatic carbocycles. The molecule has 5 aliphatic heterocycles. The molecule has 10 aromatic rings. The van der Waals surface area contributed by atoms with Gasteiger partial charge in [0.2, 0.25) is 0 Å². The first-order valence-corrected chi connectivity index (χ1v) is 44.9. The van der Waals surface area contributed by atoms with Gasteiger partial charge in [-0.3, -0.25) is 25.5 Å². The Labute approximate surface area is 740 Å². The van der Waals surface area contributed by atoms with E-state index in [-0.39, 0.29) is 64.9 Å². The largest absolute Gasteiger partial charge is 0.322 e. The van der Waals surface area contributed by atoms with Crippen LogP contribution in [0.1, 0.15) is 219 Å². The van der Waals surface area contributed by atoms with Crippen LogP contribution in [0.5, 0.6) is 0 Å². The van der Waals surface area contributed by atoms with Crippen LogP contribution in [0.25, 0.3) is 5.57 Å². The molecule has 6 atom stereocenters. The SMILES string of the molecule is CC1Cc2[nH]nc(C3CCC3)c2CN1C(=O)Nc1cccc(Br)c1.CC1Cc2[nH]nc(C3CCC3)c2CN1C(=O)Nc1cccc(Cl)c1.CC1Cc2[nH]nc(C3CCC3)c2CN1C(=O)Nc1cccc(Cl)c1F.O=C(Nc1cccc(Cl)c1)N1CCc2[nH]nc(C3=CC(F)CC3)c2C1.O=C(Nc1cccc(Cl)c1)N1CCc2[nH]nc(C3CCC(F)C3)c2C1. The predicted octanol–water partition coefficient (Wildman–Crippen LogP) is 21.6. The summed E-state index contributed by atoms with van der Waals surface area (Å²) in [5.41, 5.74) is 20.3. The van der Waals surface area contributed by atoms with Gasteiger partial charge in [-0.25, -0.2) is 37.1 Å². The lowest BCUT2D eigenvalue weighted by atomic mass is 9.80. The Bertz CT molecular complexity index is 5420. The van der Waals surface area contributed by atoms with Crippen molar-refractivity contribution >= 4 is 126 Å². The molecule has 123 heavy (non-hydrogen) atoms. The summed E-state index contributed by atoms with van der Waals surface area (Å²) in [6, 6.07) is 33.2.